The minimum absolute atomic E-state index is 0.422. The van der Waals surface area contributed by atoms with Gasteiger partial charge in [-0.15, -0.1) is 11.3 Å². The van der Waals surface area contributed by atoms with Crippen molar-refractivity contribution in [2.24, 2.45) is 0 Å². The van der Waals surface area contributed by atoms with Crippen LogP contribution in [0.4, 0.5) is 0 Å². The van der Waals surface area contributed by atoms with E-state index in [9.17, 15) is 5.26 Å². The van der Waals surface area contributed by atoms with Gasteiger partial charge in [0.15, 0.2) is 0 Å². The number of allylic oxidation sites excluding steroid dienone is 1. The highest BCUT2D eigenvalue weighted by molar-refractivity contribution is 7.19. The molecular weight excluding hydrogens is 388 g/mol. The van der Waals surface area contributed by atoms with Crippen LogP contribution in [0.2, 0.25) is 5.02 Å². The third-order valence-electron chi connectivity index (χ3n) is 4.17. The Bertz CT molecular complexity index is 1160. The van der Waals surface area contributed by atoms with Gasteiger partial charge in [-0.05, 0) is 42.0 Å². The van der Waals surface area contributed by atoms with Crippen LogP contribution in [-0.4, -0.2) is 4.98 Å². The van der Waals surface area contributed by atoms with E-state index in [1.807, 2.05) is 78.9 Å². The van der Waals surface area contributed by atoms with E-state index in [2.05, 4.69) is 11.1 Å². The highest BCUT2D eigenvalue weighted by Gasteiger charge is 2.10. The van der Waals surface area contributed by atoms with E-state index >= 15 is 0 Å². The summed E-state index contributed by atoms with van der Waals surface area (Å²) in [4.78, 5) is 4.59. The molecule has 0 N–H and O–H groups in total. The molecule has 0 bridgehead atoms. The first-order valence-electron chi connectivity index (χ1n) is 8.67. The van der Waals surface area contributed by atoms with Crippen molar-refractivity contribution in [3.05, 3.63) is 94.0 Å². The van der Waals surface area contributed by atoms with Crippen molar-refractivity contribution in [3.63, 3.8) is 0 Å². The predicted octanol–water partition coefficient (Wildman–Crippen LogP) is 6.59. The number of fused-ring (bicyclic) bond motifs is 1. The average molecular weight is 403 g/mol. The molecule has 0 aliphatic carbocycles. The number of thiazole rings is 1. The number of nitriles is 1. The van der Waals surface area contributed by atoms with Gasteiger partial charge in [-0.2, -0.15) is 5.26 Å². The molecule has 4 rings (SSSR count). The van der Waals surface area contributed by atoms with E-state index in [0.29, 0.717) is 28.0 Å². The number of para-hydroxylation sites is 2. The molecule has 0 fully saturated rings. The van der Waals surface area contributed by atoms with E-state index in [4.69, 9.17) is 16.3 Å². The Morgan fingerprint density at radius 3 is 2.57 bits per heavy atom. The lowest BCUT2D eigenvalue weighted by Crippen LogP contribution is -1.97. The van der Waals surface area contributed by atoms with Gasteiger partial charge in [-0.25, -0.2) is 4.98 Å². The summed E-state index contributed by atoms with van der Waals surface area (Å²) >= 11 is 7.44. The topological polar surface area (TPSA) is 45.9 Å². The average Bonchev–Trinajstić information content (AvgIpc) is 3.16. The van der Waals surface area contributed by atoms with Crippen molar-refractivity contribution < 1.29 is 4.74 Å². The van der Waals surface area contributed by atoms with E-state index in [-0.39, 0.29) is 0 Å². The van der Waals surface area contributed by atoms with Gasteiger partial charge in [0.1, 0.15) is 23.4 Å². The summed E-state index contributed by atoms with van der Waals surface area (Å²) in [5.74, 6) is 0.714. The minimum Gasteiger partial charge on any atom is -0.488 e. The maximum Gasteiger partial charge on any atom is 0.135 e. The molecule has 0 saturated heterocycles. The Hall–Kier alpha value is -3.13. The van der Waals surface area contributed by atoms with E-state index in [1.54, 1.807) is 0 Å². The van der Waals surface area contributed by atoms with Gasteiger partial charge < -0.3 is 4.74 Å². The van der Waals surface area contributed by atoms with Gasteiger partial charge >= 0.3 is 0 Å². The molecule has 1 aromatic heterocycles. The Labute approximate surface area is 172 Å². The molecular formula is C23H15ClN2OS. The third kappa shape index (κ3) is 4.07. The van der Waals surface area contributed by atoms with Crippen molar-refractivity contribution in [1.82, 2.24) is 4.98 Å². The minimum atomic E-state index is 0.422. The molecule has 0 spiro atoms. The summed E-state index contributed by atoms with van der Waals surface area (Å²) in [7, 11) is 0. The number of aromatic nitrogens is 1. The molecule has 0 saturated carbocycles. The van der Waals surface area contributed by atoms with Crippen molar-refractivity contribution in [3.8, 4) is 11.8 Å². The Morgan fingerprint density at radius 2 is 1.79 bits per heavy atom. The lowest BCUT2D eigenvalue weighted by Gasteiger charge is -2.09. The van der Waals surface area contributed by atoms with Crippen LogP contribution in [0.15, 0.2) is 72.8 Å². The van der Waals surface area contributed by atoms with Gasteiger partial charge in [-0.1, -0.05) is 54.1 Å². The second kappa shape index (κ2) is 8.26. The van der Waals surface area contributed by atoms with Crippen LogP contribution >= 0.6 is 22.9 Å². The molecule has 0 unspecified atom stereocenters. The number of benzene rings is 3. The second-order valence-electron chi connectivity index (χ2n) is 6.11. The second-order valence-corrected chi connectivity index (χ2v) is 7.58. The molecule has 3 aromatic carbocycles. The SMILES string of the molecule is N#CC(=Cc1ccccc1OCc1ccc(Cl)cc1)c1nc2ccccc2s1. The number of ether oxygens (including phenoxy) is 1. The molecule has 0 amide bonds. The molecule has 0 aliphatic rings. The highest BCUT2D eigenvalue weighted by atomic mass is 35.5. The van der Waals surface area contributed by atoms with Gasteiger partial charge in [-0.3, -0.25) is 0 Å². The van der Waals surface area contributed by atoms with Crippen LogP contribution in [0, 0.1) is 11.3 Å². The molecule has 5 heteroatoms. The summed E-state index contributed by atoms with van der Waals surface area (Å²) in [5.41, 5.74) is 3.28. The number of rotatable bonds is 5. The first-order chi connectivity index (χ1) is 13.7. The van der Waals surface area contributed by atoms with Crippen molar-refractivity contribution in [2.45, 2.75) is 6.61 Å². The standard InChI is InChI=1S/C23H15ClN2OS/c24-19-11-9-16(10-12-19)15-27-21-7-3-1-5-17(21)13-18(14-25)23-26-20-6-2-4-8-22(20)28-23/h1-13H,15H2. The zero-order valence-corrected chi connectivity index (χ0v) is 16.4. The van der Waals surface area contributed by atoms with Gasteiger partial charge in [0.25, 0.3) is 0 Å². The largest absolute Gasteiger partial charge is 0.488 e. The van der Waals surface area contributed by atoms with Crippen LogP contribution in [0.5, 0.6) is 5.75 Å². The normalized spacial score (nSPS) is 11.4. The molecule has 3 nitrogen and oxygen atoms in total. The zero-order chi connectivity index (χ0) is 19.3. The quantitative estimate of drug-likeness (QED) is 0.353. The molecule has 0 aliphatic heterocycles. The van der Waals surface area contributed by atoms with Crippen molar-refractivity contribution in [2.75, 3.05) is 0 Å². The summed E-state index contributed by atoms with van der Waals surface area (Å²) in [5, 5.41) is 11.1. The molecule has 136 valence electrons. The van der Waals surface area contributed by atoms with E-state index < -0.39 is 0 Å². The van der Waals surface area contributed by atoms with Gasteiger partial charge in [0.05, 0.1) is 15.8 Å². The fraction of sp³-hybridized carbons (Fsp3) is 0.0435. The van der Waals surface area contributed by atoms with Crippen LogP contribution in [0.3, 0.4) is 0 Å². The predicted molar refractivity (Wildman–Crippen MR) is 115 cm³/mol. The van der Waals surface area contributed by atoms with Crippen molar-refractivity contribution in [1.29, 1.82) is 5.26 Å². The van der Waals surface area contributed by atoms with Gasteiger partial charge in [0, 0.05) is 10.6 Å². The molecule has 4 aromatic rings. The van der Waals surface area contributed by atoms with Crippen molar-refractivity contribution >= 4 is 44.8 Å². The lowest BCUT2D eigenvalue weighted by molar-refractivity contribution is 0.305. The van der Waals surface area contributed by atoms with Crippen LogP contribution < -0.4 is 4.74 Å². The fourth-order valence-electron chi connectivity index (χ4n) is 2.76. The van der Waals surface area contributed by atoms with E-state index in [1.165, 1.54) is 11.3 Å². The zero-order valence-electron chi connectivity index (χ0n) is 14.8. The number of hydrogen-bond acceptors (Lipinski definition) is 4. The Morgan fingerprint density at radius 1 is 1.04 bits per heavy atom. The highest BCUT2D eigenvalue weighted by Crippen LogP contribution is 2.30. The maximum absolute atomic E-state index is 9.69. The monoisotopic (exact) mass is 402 g/mol. The van der Waals surface area contributed by atoms with Gasteiger partial charge in [0.2, 0.25) is 0 Å². The fourth-order valence-corrected chi connectivity index (χ4v) is 3.82. The summed E-state index contributed by atoms with van der Waals surface area (Å²) in [6.45, 7) is 0.422. The summed E-state index contributed by atoms with van der Waals surface area (Å²) in [6, 6.07) is 25.4. The third-order valence-corrected chi connectivity index (χ3v) is 5.49. The van der Waals surface area contributed by atoms with E-state index in [0.717, 1.165) is 21.3 Å². The first kappa shape index (κ1) is 18.2. The maximum atomic E-state index is 9.69. The summed E-state index contributed by atoms with van der Waals surface area (Å²) < 4.78 is 7.05. The van der Waals surface area contributed by atoms with Crippen LogP contribution in [0.25, 0.3) is 21.9 Å². The summed E-state index contributed by atoms with van der Waals surface area (Å²) in [6.07, 6.45) is 1.83. The molecule has 28 heavy (non-hydrogen) atoms. The van der Waals surface area contributed by atoms with Crippen LogP contribution in [-0.2, 0) is 6.61 Å². The molecule has 1 heterocycles. The molecule has 0 atom stereocenters. The smallest absolute Gasteiger partial charge is 0.135 e. The first-order valence-corrected chi connectivity index (χ1v) is 9.86. The Balaban J connectivity index is 1.62. The number of halogens is 1. The molecule has 0 radical (unpaired) electrons. The Kier molecular flexibility index (Phi) is 5.38. The number of hydrogen-bond donors (Lipinski definition) is 0. The lowest BCUT2D eigenvalue weighted by atomic mass is 10.1. The number of nitrogens with zero attached hydrogens (tertiary/aromatic N) is 2. The van der Waals surface area contributed by atoms with Crippen LogP contribution in [0.1, 0.15) is 16.1 Å².